The lowest BCUT2D eigenvalue weighted by molar-refractivity contribution is 0.177. The van der Waals surface area contributed by atoms with Crippen molar-refractivity contribution in [3.8, 4) is 0 Å². The lowest BCUT2D eigenvalue weighted by atomic mass is 9.70. The SMILES string of the molecule is CC1CC(C)(C)CCC1Nc1c(Cl)cc(F)cc1Cl. The van der Waals surface area contributed by atoms with Crippen LogP contribution >= 0.6 is 23.2 Å². The number of halogens is 3. The summed E-state index contributed by atoms with van der Waals surface area (Å²) in [7, 11) is 0. The number of rotatable bonds is 2. The van der Waals surface area contributed by atoms with Crippen LogP contribution in [0.25, 0.3) is 0 Å². The highest BCUT2D eigenvalue weighted by Crippen LogP contribution is 2.41. The quantitative estimate of drug-likeness (QED) is 0.732. The predicted molar refractivity (Wildman–Crippen MR) is 80.6 cm³/mol. The molecule has 0 aliphatic heterocycles. The van der Waals surface area contributed by atoms with Gasteiger partial charge in [0.05, 0.1) is 15.7 Å². The highest BCUT2D eigenvalue weighted by atomic mass is 35.5. The molecule has 4 heteroatoms. The van der Waals surface area contributed by atoms with Gasteiger partial charge in [-0.25, -0.2) is 4.39 Å². The Bertz CT molecular complexity index is 450. The van der Waals surface area contributed by atoms with Crippen LogP contribution in [0.2, 0.25) is 10.0 Å². The normalized spacial score (nSPS) is 26.2. The monoisotopic (exact) mass is 303 g/mol. The van der Waals surface area contributed by atoms with Crippen molar-refractivity contribution < 1.29 is 4.39 Å². The third kappa shape index (κ3) is 3.55. The number of hydrogen-bond donors (Lipinski definition) is 1. The Balaban J connectivity index is 2.14. The van der Waals surface area contributed by atoms with Gasteiger partial charge < -0.3 is 5.32 Å². The molecule has 0 radical (unpaired) electrons. The Morgan fingerprint density at radius 1 is 1.26 bits per heavy atom. The van der Waals surface area contributed by atoms with Crippen LogP contribution in [0.5, 0.6) is 0 Å². The number of hydrogen-bond acceptors (Lipinski definition) is 1. The van der Waals surface area contributed by atoms with E-state index in [0.29, 0.717) is 33.1 Å². The van der Waals surface area contributed by atoms with Gasteiger partial charge in [0.1, 0.15) is 5.82 Å². The zero-order valence-corrected chi connectivity index (χ0v) is 13.1. The second kappa shape index (κ2) is 5.49. The molecule has 0 spiro atoms. The van der Waals surface area contributed by atoms with E-state index in [1.165, 1.54) is 25.0 Å². The molecule has 1 nitrogen and oxygen atoms in total. The minimum absolute atomic E-state index is 0.341. The van der Waals surface area contributed by atoms with E-state index < -0.39 is 5.82 Å². The van der Waals surface area contributed by atoms with Gasteiger partial charge in [-0.3, -0.25) is 0 Å². The molecule has 1 aliphatic carbocycles. The summed E-state index contributed by atoms with van der Waals surface area (Å²) in [6.45, 7) is 6.85. The van der Waals surface area contributed by atoms with Crippen molar-refractivity contribution in [2.24, 2.45) is 11.3 Å². The van der Waals surface area contributed by atoms with E-state index in [4.69, 9.17) is 23.2 Å². The highest BCUT2D eigenvalue weighted by molar-refractivity contribution is 6.39. The molecule has 2 unspecified atom stereocenters. The van der Waals surface area contributed by atoms with E-state index in [-0.39, 0.29) is 0 Å². The van der Waals surface area contributed by atoms with Gasteiger partial charge in [-0.05, 0) is 42.7 Å². The van der Waals surface area contributed by atoms with Crippen molar-refractivity contribution >= 4 is 28.9 Å². The van der Waals surface area contributed by atoms with Gasteiger partial charge in [0.2, 0.25) is 0 Å². The Labute approximate surface area is 124 Å². The van der Waals surface area contributed by atoms with Gasteiger partial charge in [-0.15, -0.1) is 0 Å². The average molecular weight is 304 g/mol. The van der Waals surface area contributed by atoms with Crippen molar-refractivity contribution in [3.63, 3.8) is 0 Å². The third-order valence-electron chi connectivity index (χ3n) is 4.03. The van der Waals surface area contributed by atoms with E-state index in [1.807, 2.05) is 0 Å². The fraction of sp³-hybridized carbons (Fsp3) is 0.600. The van der Waals surface area contributed by atoms with E-state index >= 15 is 0 Å². The molecule has 2 rings (SSSR count). The lowest BCUT2D eigenvalue weighted by Gasteiger charge is -2.40. The van der Waals surface area contributed by atoms with Crippen LogP contribution in [-0.2, 0) is 0 Å². The zero-order chi connectivity index (χ0) is 14.2. The van der Waals surface area contributed by atoms with Crippen molar-refractivity contribution in [3.05, 3.63) is 28.0 Å². The molecular weight excluding hydrogens is 284 g/mol. The first-order valence-electron chi connectivity index (χ1n) is 6.69. The van der Waals surface area contributed by atoms with Crippen LogP contribution in [0.1, 0.15) is 40.0 Å². The molecule has 19 heavy (non-hydrogen) atoms. The molecule has 1 saturated carbocycles. The van der Waals surface area contributed by atoms with Gasteiger partial charge in [0, 0.05) is 6.04 Å². The van der Waals surface area contributed by atoms with Crippen LogP contribution in [0.3, 0.4) is 0 Å². The Hall–Kier alpha value is -0.470. The van der Waals surface area contributed by atoms with Crippen LogP contribution in [0, 0.1) is 17.2 Å². The summed E-state index contributed by atoms with van der Waals surface area (Å²) in [4.78, 5) is 0. The van der Waals surface area contributed by atoms with E-state index in [9.17, 15) is 4.39 Å². The Kier molecular flexibility index (Phi) is 4.32. The Morgan fingerprint density at radius 3 is 2.37 bits per heavy atom. The minimum atomic E-state index is -0.404. The lowest BCUT2D eigenvalue weighted by Crippen LogP contribution is -2.37. The maximum Gasteiger partial charge on any atom is 0.126 e. The van der Waals surface area contributed by atoms with Crippen molar-refractivity contribution in [1.82, 2.24) is 0 Å². The smallest absolute Gasteiger partial charge is 0.126 e. The summed E-state index contributed by atoms with van der Waals surface area (Å²) >= 11 is 12.1. The maximum atomic E-state index is 13.2. The highest BCUT2D eigenvalue weighted by Gasteiger charge is 2.32. The van der Waals surface area contributed by atoms with Gasteiger partial charge >= 0.3 is 0 Å². The van der Waals surface area contributed by atoms with Crippen molar-refractivity contribution in [2.75, 3.05) is 5.32 Å². The summed E-state index contributed by atoms with van der Waals surface area (Å²) in [6.07, 6.45) is 3.42. The molecular formula is C15H20Cl2FN. The number of nitrogens with one attached hydrogen (secondary N) is 1. The molecule has 0 bridgehead atoms. The van der Waals surface area contributed by atoms with E-state index in [2.05, 4.69) is 26.1 Å². The molecule has 0 aromatic heterocycles. The fourth-order valence-corrected chi connectivity index (χ4v) is 3.60. The first kappa shape index (κ1) is 14.9. The van der Waals surface area contributed by atoms with Gasteiger partial charge in [-0.1, -0.05) is 44.0 Å². The third-order valence-corrected chi connectivity index (χ3v) is 4.63. The molecule has 1 aliphatic rings. The van der Waals surface area contributed by atoms with Gasteiger partial charge in [0.25, 0.3) is 0 Å². The topological polar surface area (TPSA) is 12.0 Å². The largest absolute Gasteiger partial charge is 0.380 e. The van der Waals surface area contributed by atoms with Crippen molar-refractivity contribution in [1.29, 1.82) is 0 Å². The Morgan fingerprint density at radius 2 is 1.84 bits per heavy atom. The number of benzene rings is 1. The summed E-state index contributed by atoms with van der Waals surface area (Å²) in [5.74, 6) is 0.138. The maximum absolute atomic E-state index is 13.2. The van der Waals surface area contributed by atoms with Crippen molar-refractivity contribution in [2.45, 2.75) is 46.1 Å². The summed E-state index contributed by atoms with van der Waals surface area (Å²) in [6, 6.07) is 2.94. The zero-order valence-electron chi connectivity index (χ0n) is 11.6. The molecule has 1 aromatic carbocycles. The average Bonchev–Trinajstić information content (AvgIpc) is 2.24. The second-order valence-corrected chi connectivity index (χ2v) is 7.19. The molecule has 0 amide bonds. The van der Waals surface area contributed by atoms with Gasteiger partial charge in [0.15, 0.2) is 0 Å². The summed E-state index contributed by atoms with van der Waals surface area (Å²) < 4.78 is 13.2. The molecule has 2 atom stereocenters. The molecule has 106 valence electrons. The molecule has 1 aromatic rings. The molecule has 0 saturated heterocycles. The van der Waals surface area contributed by atoms with Crippen LogP contribution < -0.4 is 5.32 Å². The van der Waals surface area contributed by atoms with E-state index in [1.54, 1.807) is 0 Å². The van der Waals surface area contributed by atoms with Crippen LogP contribution in [0.15, 0.2) is 12.1 Å². The van der Waals surface area contributed by atoms with Crippen LogP contribution in [-0.4, -0.2) is 6.04 Å². The summed E-state index contributed by atoms with van der Waals surface area (Å²) in [5, 5.41) is 4.10. The first-order chi connectivity index (χ1) is 8.78. The minimum Gasteiger partial charge on any atom is -0.380 e. The first-order valence-corrected chi connectivity index (χ1v) is 7.45. The number of anilines is 1. The second-order valence-electron chi connectivity index (χ2n) is 6.38. The molecule has 1 N–H and O–H groups in total. The fourth-order valence-electron chi connectivity index (χ4n) is 3.03. The predicted octanol–water partition coefficient (Wildman–Crippen LogP) is 5.76. The van der Waals surface area contributed by atoms with Gasteiger partial charge in [-0.2, -0.15) is 0 Å². The molecule has 0 heterocycles. The molecule has 1 fully saturated rings. The van der Waals surface area contributed by atoms with Crippen LogP contribution in [0.4, 0.5) is 10.1 Å². The van der Waals surface area contributed by atoms with E-state index in [0.717, 1.165) is 6.42 Å². The summed E-state index contributed by atoms with van der Waals surface area (Å²) in [5.41, 5.74) is 1.05. The standard InChI is InChI=1S/C15H20Cl2FN/c1-9-8-15(2,3)5-4-13(9)19-14-11(16)6-10(18)7-12(14)17/h6-7,9,13,19H,4-5,8H2,1-3H3.